The number of benzene rings is 2. The van der Waals surface area contributed by atoms with Gasteiger partial charge in [0.2, 0.25) is 10.0 Å². The maximum atomic E-state index is 12.3. The number of nitrogens with one attached hydrogen (secondary N) is 1. The van der Waals surface area contributed by atoms with Crippen molar-refractivity contribution in [2.24, 2.45) is 0 Å². The van der Waals surface area contributed by atoms with E-state index in [2.05, 4.69) is 42.0 Å². The van der Waals surface area contributed by atoms with E-state index in [1.54, 1.807) is 35.6 Å². The summed E-state index contributed by atoms with van der Waals surface area (Å²) in [5.41, 5.74) is 3.33. The first-order valence-electron chi connectivity index (χ1n) is 8.84. The Hall–Kier alpha value is -2.48. The third-order valence-corrected chi connectivity index (χ3v) is 6.91. The molecule has 0 saturated carbocycles. The molecule has 0 aliphatic rings. The first-order valence-corrected chi connectivity index (χ1v) is 11.1. The van der Waals surface area contributed by atoms with Gasteiger partial charge in [-0.3, -0.25) is 4.79 Å². The highest BCUT2D eigenvalue weighted by Crippen LogP contribution is 2.34. The molecule has 3 rings (SSSR count). The normalized spacial score (nSPS) is 11.5. The van der Waals surface area contributed by atoms with Gasteiger partial charge in [-0.15, -0.1) is 11.3 Å². The topological polar surface area (TPSA) is 83.5 Å². The second-order valence-electron chi connectivity index (χ2n) is 6.45. The molecule has 0 fully saturated rings. The Bertz CT molecular complexity index is 1050. The smallest absolute Gasteiger partial charge is 0.303 e. The molecule has 0 saturated heterocycles. The number of hydrogen-bond acceptors (Lipinski definition) is 4. The van der Waals surface area contributed by atoms with Gasteiger partial charge in [-0.25, -0.2) is 13.1 Å². The van der Waals surface area contributed by atoms with Crippen molar-refractivity contribution < 1.29 is 18.3 Å². The summed E-state index contributed by atoms with van der Waals surface area (Å²) in [5, 5.41) is 8.61. The van der Waals surface area contributed by atoms with Crippen LogP contribution >= 0.6 is 11.3 Å². The number of carbonyl (C=O) groups is 1. The van der Waals surface area contributed by atoms with Gasteiger partial charge in [-0.05, 0) is 48.7 Å². The van der Waals surface area contributed by atoms with Crippen molar-refractivity contribution in [2.75, 3.05) is 6.54 Å². The van der Waals surface area contributed by atoms with Crippen LogP contribution in [0.15, 0.2) is 65.6 Å². The minimum atomic E-state index is -3.64. The van der Waals surface area contributed by atoms with Gasteiger partial charge >= 0.3 is 5.97 Å². The Kier molecular flexibility index (Phi) is 6.28. The zero-order chi connectivity index (χ0) is 20.1. The van der Waals surface area contributed by atoms with E-state index in [4.69, 9.17) is 5.11 Å². The van der Waals surface area contributed by atoms with Crippen LogP contribution in [0.3, 0.4) is 0 Å². The molecule has 0 aliphatic carbocycles. The lowest BCUT2D eigenvalue weighted by Crippen LogP contribution is -2.25. The van der Waals surface area contributed by atoms with Gasteiger partial charge in [0.1, 0.15) is 0 Å². The van der Waals surface area contributed by atoms with E-state index in [1.807, 2.05) is 6.07 Å². The Morgan fingerprint density at radius 2 is 1.46 bits per heavy atom. The minimum Gasteiger partial charge on any atom is -0.481 e. The fourth-order valence-electron chi connectivity index (χ4n) is 2.69. The molecule has 1 heterocycles. The van der Waals surface area contributed by atoms with Crippen LogP contribution in [0.25, 0.3) is 20.9 Å². The number of carboxylic acids is 1. The van der Waals surface area contributed by atoms with Crippen LogP contribution in [-0.2, 0) is 14.8 Å². The van der Waals surface area contributed by atoms with Gasteiger partial charge in [-0.2, -0.15) is 0 Å². The Labute approximate surface area is 168 Å². The Balaban J connectivity index is 1.70. The molecular weight excluding hydrogens is 394 g/mol. The van der Waals surface area contributed by atoms with Crippen molar-refractivity contribution in [3.63, 3.8) is 0 Å². The molecule has 1 aromatic heterocycles. The van der Waals surface area contributed by atoms with Gasteiger partial charge in [0.25, 0.3) is 0 Å². The highest BCUT2D eigenvalue weighted by atomic mass is 32.2. The molecule has 2 aromatic carbocycles. The molecule has 0 spiro atoms. The summed E-state index contributed by atoms with van der Waals surface area (Å²) < 4.78 is 27.0. The molecule has 0 atom stereocenters. The molecular formula is C21H21NO4S2. The van der Waals surface area contributed by atoms with Crippen LogP contribution in [0.5, 0.6) is 0 Å². The predicted molar refractivity (Wildman–Crippen MR) is 112 cm³/mol. The van der Waals surface area contributed by atoms with Crippen LogP contribution < -0.4 is 4.72 Å². The molecule has 7 heteroatoms. The lowest BCUT2D eigenvalue weighted by atomic mass is 10.1. The van der Waals surface area contributed by atoms with Crippen LogP contribution in [0, 0.1) is 6.92 Å². The van der Waals surface area contributed by atoms with E-state index < -0.39 is 16.0 Å². The molecule has 0 bridgehead atoms. The van der Waals surface area contributed by atoms with Crippen LogP contribution in [0.4, 0.5) is 0 Å². The van der Waals surface area contributed by atoms with Crippen molar-refractivity contribution in [2.45, 2.75) is 24.7 Å². The van der Waals surface area contributed by atoms with Gasteiger partial charge in [0.15, 0.2) is 0 Å². The molecule has 2 N–H and O–H groups in total. The molecule has 0 amide bonds. The maximum absolute atomic E-state index is 12.3. The average molecular weight is 416 g/mol. The van der Waals surface area contributed by atoms with Crippen LogP contribution in [0.1, 0.15) is 18.4 Å². The predicted octanol–water partition coefficient (Wildman–Crippen LogP) is 4.53. The Morgan fingerprint density at radius 1 is 0.929 bits per heavy atom. The second-order valence-corrected chi connectivity index (χ2v) is 9.30. The lowest BCUT2D eigenvalue weighted by Gasteiger charge is -2.07. The molecule has 0 radical (unpaired) electrons. The van der Waals surface area contributed by atoms with E-state index in [0.717, 1.165) is 20.9 Å². The van der Waals surface area contributed by atoms with Crippen LogP contribution in [-0.4, -0.2) is 26.0 Å². The number of aryl methyl sites for hydroxylation is 1. The SMILES string of the molecule is Cc1ccc(-c2ccc(-c3ccc(S(=O)(=O)NCCCC(=O)O)cc3)s2)cc1. The summed E-state index contributed by atoms with van der Waals surface area (Å²) in [4.78, 5) is 12.9. The quantitative estimate of drug-likeness (QED) is 0.529. The van der Waals surface area contributed by atoms with E-state index in [-0.39, 0.29) is 24.3 Å². The monoisotopic (exact) mass is 415 g/mol. The third-order valence-electron chi connectivity index (χ3n) is 4.25. The van der Waals surface area contributed by atoms with Crippen molar-refractivity contribution in [3.05, 3.63) is 66.2 Å². The maximum Gasteiger partial charge on any atom is 0.303 e. The van der Waals surface area contributed by atoms with Crippen molar-refractivity contribution >= 4 is 27.3 Å². The average Bonchev–Trinajstić information content (AvgIpc) is 3.16. The molecule has 3 aromatic rings. The molecule has 28 heavy (non-hydrogen) atoms. The number of aliphatic carboxylic acids is 1. The van der Waals surface area contributed by atoms with E-state index in [0.29, 0.717) is 0 Å². The van der Waals surface area contributed by atoms with E-state index in [9.17, 15) is 13.2 Å². The standard InChI is InChI=1S/C21H21NO4S2/c1-15-4-6-16(7-5-15)19-12-13-20(27-19)17-8-10-18(11-9-17)28(25,26)22-14-2-3-21(23)24/h4-13,22H,2-3,14H2,1H3,(H,23,24). The third kappa shape index (κ3) is 5.07. The molecule has 5 nitrogen and oxygen atoms in total. The van der Waals surface area contributed by atoms with E-state index >= 15 is 0 Å². The number of carboxylic acid groups (broad SMARTS) is 1. The fourth-order valence-corrected chi connectivity index (χ4v) is 4.78. The molecule has 0 unspecified atom stereocenters. The highest BCUT2D eigenvalue weighted by molar-refractivity contribution is 7.89. The number of sulfonamides is 1. The summed E-state index contributed by atoms with van der Waals surface area (Å²) in [6, 6.07) is 19.2. The zero-order valence-electron chi connectivity index (χ0n) is 15.4. The summed E-state index contributed by atoms with van der Waals surface area (Å²) in [5.74, 6) is -0.940. The Morgan fingerprint density at radius 3 is 2.00 bits per heavy atom. The first-order chi connectivity index (χ1) is 13.3. The number of rotatable bonds is 8. The summed E-state index contributed by atoms with van der Waals surface area (Å²) in [6.45, 7) is 2.15. The largest absolute Gasteiger partial charge is 0.481 e. The lowest BCUT2D eigenvalue weighted by molar-refractivity contribution is -0.137. The molecule has 0 aliphatic heterocycles. The minimum absolute atomic E-state index is 0.0663. The zero-order valence-corrected chi connectivity index (χ0v) is 17.0. The van der Waals surface area contributed by atoms with Gasteiger partial charge in [0.05, 0.1) is 4.90 Å². The van der Waals surface area contributed by atoms with Gasteiger partial charge in [-0.1, -0.05) is 42.0 Å². The van der Waals surface area contributed by atoms with Crippen molar-refractivity contribution in [1.82, 2.24) is 4.72 Å². The van der Waals surface area contributed by atoms with Crippen molar-refractivity contribution in [3.8, 4) is 20.9 Å². The highest BCUT2D eigenvalue weighted by Gasteiger charge is 2.14. The summed E-state index contributed by atoms with van der Waals surface area (Å²) in [7, 11) is -3.64. The first kappa shape index (κ1) is 20.3. The van der Waals surface area contributed by atoms with Crippen LogP contribution in [0.2, 0.25) is 0 Å². The van der Waals surface area contributed by atoms with Gasteiger partial charge < -0.3 is 5.11 Å². The summed E-state index contributed by atoms with van der Waals surface area (Å²) in [6.07, 6.45) is 0.187. The summed E-state index contributed by atoms with van der Waals surface area (Å²) >= 11 is 1.66. The van der Waals surface area contributed by atoms with E-state index in [1.165, 1.54) is 5.56 Å². The number of thiophene rings is 1. The second kappa shape index (κ2) is 8.68. The van der Waals surface area contributed by atoms with Crippen molar-refractivity contribution in [1.29, 1.82) is 0 Å². The fraction of sp³-hybridized carbons (Fsp3) is 0.190. The van der Waals surface area contributed by atoms with Gasteiger partial charge in [0, 0.05) is 22.7 Å². The molecule has 146 valence electrons. The number of hydrogen-bond donors (Lipinski definition) is 2.